The van der Waals surface area contributed by atoms with Crippen molar-refractivity contribution < 1.29 is 13.2 Å². The molecule has 0 unspecified atom stereocenters. The molecule has 0 atom stereocenters. The third-order valence-electron chi connectivity index (χ3n) is 4.44. The summed E-state index contributed by atoms with van der Waals surface area (Å²) < 4.78 is 39.2. The van der Waals surface area contributed by atoms with Gasteiger partial charge in [0.25, 0.3) is 0 Å². The number of piperidine rings is 1. The van der Waals surface area contributed by atoms with Crippen LogP contribution in [-0.4, -0.2) is 28.0 Å². The first-order chi connectivity index (χ1) is 12.2. The molecule has 3 heterocycles. The van der Waals surface area contributed by atoms with Crippen LogP contribution in [0.3, 0.4) is 0 Å². The highest BCUT2D eigenvalue weighted by atomic mass is 32.2. The third kappa shape index (κ3) is 4.20. The van der Waals surface area contributed by atoms with Crippen molar-refractivity contribution in [1.29, 1.82) is 0 Å². The van der Waals surface area contributed by atoms with Crippen LogP contribution in [0.4, 0.5) is 24.8 Å². The Labute approximate surface area is 154 Å². The maximum Gasteiger partial charge on any atom is 0.434 e. The van der Waals surface area contributed by atoms with Crippen molar-refractivity contribution in [3.8, 4) is 0 Å². The SMILES string of the molecule is CC1(C)CCN(c2cnc(Sc3cccnc3C(F)(F)F)c(N)n2)CC1. The Morgan fingerprint density at radius 1 is 1.19 bits per heavy atom. The molecule has 1 aliphatic rings. The molecule has 5 nitrogen and oxygen atoms in total. The lowest BCUT2D eigenvalue weighted by Gasteiger charge is -2.37. The summed E-state index contributed by atoms with van der Waals surface area (Å²) in [5.41, 5.74) is 5.32. The monoisotopic (exact) mass is 383 g/mol. The Kier molecular flexibility index (Phi) is 5.01. The molecular weight excluding hydrogens is 363 g/mol. The number of hydrogen-bond donors (Lipinski definition) is 1. The first-order valence-electron chi connectivity index (χ1n) is 8.23. The van der Waals surface area contributed by atoms with E-state index in [1.807, 2.05) is 0 Å². The topological polar surface area (TPSA) is 67.9 Å². The van der Waals surface area contributed by atoms with Gasteiger partial charge in [0.05, 0.1) is 6.20 Å². The lowest BCUT2D eigenvalue weighted by atomic mass is 9.83. The van der Waals surface area contributed by atoms with Gasteiger partial charge in [0.1, 0.15) is 10.8 Å². The van der Waals surface area contributed by atoms with E-state index in [9.17, 15) is 13.2 Å². The maximum absolute atomic E-state index is 13.1. The number of alkyl halides is 3. The number of pyridine rings is 1. The zero-order chi connectivity index (χ0) is 18.9. The average molecular weight is 383 g/mol. The summed E-state index contributed by atoms with van der Waals surface area (Å²) in [4.78, 5) is 14.1. The molecule has 0 saturated carbocycles. The fourth-order valence-corrected chi connectivity index (χ4v) is 3.62. The van der Waals surface area contributed by atoms with Crippen molar-refractivity contribution in [2.24, 2.45) is 5.41 Å². The van der Waals surface area contributed by atoms with Crippen LogP contribution in [0.25, 0.3) is 0 Å². The molecule has 1 fully saturated rings. The van der Waals surface area contributed by atoms with Gasteiger partial charge in [0.15, 0.2) is 11.5 Å². The van der Waals surface area contributed by atoms with Gasteiger partial charge in [0.2, 0.25) is 0 Å². The van der Waals surface area contributed by atoms with E-state index >= 15 is 0 Å². The normalized spacial score (nSPS) is 17.3. The van der Waals surface area contributed by atoms with Gasteiger partial charge in [0, 0.05) is 24.2 Å². The molecule has 0 aromatic carbocycles. The quantitative estimate of drug-likeness (QED) is 0.855. The Balaban J connectivity index is 1.80. The van der Waals surface area contributed by atoms with Crippen LogP contribution in [-0.2, 0) is 6.18 Å². The van der Waals surface area contributed by atoms with Gasteiger partial charge in [-0.25, -0.2) is 9.97 Å². The zero-order valence-corrected chi connectivity index (χ0v) is 15.4. The predicted octanol–water partition coefficient (Wildman–Crippen LogP) is 4.25. The van der Waals surface area contributed by atoms with E-state index in [1.165, 1.54) is 12.1 Å². The van der Waals surface area contributed by atoms with Crippen molar-refractivity contribution >= 4 is 23.4 Å². The molecule has 0 amide bonds. The van der Waals surface area contributed by atoms with Crippen molar-refractivity contribution in [1.82, 2.24) is 15.0 Å². The summed E-state index contributed by atoms with van der Waals surface area (Å²) in [7, 11) is 0. The van der Waals surface area contributed by atoms with Crippen LogP contribution in [0, 0.1) is 5.41 Å². The first kappa shape index (κ1) is 18.8. The second-order valence-electron chi connectivity index (χ2n) is 7.02. The summed E-state index contributed by atoms with van der Waals surface area (Å²) in [5.74, 6) is 0.777. The molecule has 3 rings (SSSR count). The Morgan fingerprint density at radius 2 is 1.88 bits per heavy atom. The van der Waals surface area contributed by atoms with Crippen molar-refractivity contribution in [2.45, 2.75) is 42.8 Å². The number of nitrogen functional groups attached to an aromatic ring is 1. The van der Waals surface area contributed by atoms with E-state index in [1.54, 1.807) is 6.20 Å². The summed E-state index contributed by atoms with van der Waals surface area (Å²) in [6.07, 6.45) is 0.223. The first-order valence-corrected chi connectivity index (χ1v) is 9.05. The molecule has 1 saturated heterocycles. The van der Waals surface area contributed by atoms with Gasteiger partial charge in [-0.2, -0.15) is 13.2 Å². The standard InChI is InChI=1S/C17H20F3N5S/c1-16(2)5-8-25(9-6-16)12-10-23-15(14(21)24-12)26-11-4-3-7-22-13(11)17(18,19)20/h3-4,7,10H,5-6,8-9H2,1-2H3,(H2,21,24). The third-order valence-corrected chi connectivity index (χ3v) is 5.50. The van der Waals surface area contributed by atoms with E-state index in [2.05, 4.69) is 33.7 Å². The number of anilines is 2. The summed E-state index contributed by atoms with van der Waals surface area (Å²) in [6, 6.07) is 2.80. The molecule has 9 heteroatoms. The minimum absolute atomic E-state index is 0.0477. The molecule has 0 aliphatic carbocycles. The molecule has 0 spiro atoms. The fourth-order valence-electron chi connectivity index (χ4n) is 2.74. The van der Waals surface area contributed by atoms with Crippen LogP contribution in [0.5, 0.6) is 0 Å². The second-order valence-corrected chi connectivity index (χ2v) is 8.05. The number of halogens is 3. The largest absolute Gasteiger partial charge is 0.434 e. The van der Waals surface area contributed by atoms with Gasteiger partial charge in [-0.3, -0.25) is 4.98 Å². The van der Waals surface area contributed by atoms with Gasteiger partial charge >= 0.3 is 6.18 Å². The lowest BCUT2D eigenvalue weighted by Crippen LogP contribution is -2.37. The van der Waals surface area contributed by atoms with E-state index in [0.29, 0.717) is 11.2 Å². The zero-order valence-electron chi connectivity index (χ0n) is 14.5. The highest BCUT2D eigenvalue weighted by molar-refractivity contribution is 7.99. The van der Waals surface area contributed by atoms with E-state index in [4.69, 9.17) is 5.73 Å². The van der Waals surface area contributed by atoms with Gasteiger partial charge in [-0.1, -0.05) is 25.6 Å². The van der Waals surface area contributed by atoms with Gasteiger partial charge in [-0.05, 0) is 30.4 Å². The summed E-state index contributed by atoms with van der Waals surface area (Å²) >= 11 is 0.823. The molecule has 2 aromatic heterocycles. The van der Waals surface area contributed by atoms with Crippen LogP contribution in [0.15, 0.2) is 34.4 Å². The molecule has 140 valence electrons. The van der Waals surface area contributed by atoms with Gasteiger partial charge in [-0.15, -0.1) is 0 Å². The van der Waals surface area contributed by atoms with Crippen LogP contribution in [0.2, 0.25) is 0 Å². The van der Waals surface area contributed by atoms with Crippen LogP contribution < -0.4 is 10.6 Å². The van der Waals surface area contributed by atoms with Crippen molar-refractivity contribution in [3.05, 3.63) is 30.2 Å². The molecule has 0 bridgehead atoms. The lowest BCUT2D eigenvalue weighted by molar-refractivity contribution is -0.143. The highest BCUT2D eigenvalue weighted by Crippen LogP contribution is 2.39. The summed E-state index contributed by atoms with van der Waals surface area (Å²) in [5, 5.41) is 0.240. The Hall–Kier alpha value is -2.03. The van der Waals surface area contributed by atoms with Crippen LogP contribution >= 0.6 is 11.8 Å². The fraction of sp³-hybridized carbons (Fsp3) is 0.471. The van der Waals surface area contributed by atoms with Gasteiger partial charge < -0.3 is 10.6 Å². The van der Waals surface area contributed by atoms with Crippen molar-refractivity contribution in [3.63, 3.8) is 0 Å². The number of aromatic nitrogens is 3. The second kappa shape index (κ2) is 6.94. The summed E-state index contributed by atoms with van der Waals surface area (Å²) in [6.45, 7) is 6.18. The maximum atomic E-state index is 13.1. The van der Waals surface area contributed by atoms with Crippen LogP contribution in [0.1, 0.15) is 32.4 Å². The van der Waals surface area contributed by atoms with E-state index < -0.39 is 11.9 Å². The molecule has 2 aromatic rings. The minimum Gasteiger partial charge on any atom is -0.381 e. The van der Waals surface area contributed by atoms with Crippen molar-refractivity contribution in [2.75, 3.05) is 23.7 Å². The number of rotatable bonds is 3. The smallest absolute Gasteiger partial charge is 0.381 e. The average Bonchev–Trinajstić information content (AvgIpc) is 2.56. The predicted molar refractivity (Wildman–Crippen MR) is 95.0 cm³/mol. The Bertz CT molecular complexity index is 784. The minimum atomic E-state index is -4.54. The van der Waals surface area contributed by atoms with E-state index in [0.717, 1.165) is 43.9 Å². The molecule has 2 N–H and O–H groups in total. The number of nitrogens with zero attached hydrogens (tertiary/aromatic N) is 4. The molecule has 0 radical (unpaired) electrons. The molecule has 1 aliphatic heterocycles. The molecular formula is C17H20F3N5S. The van der Waals surface area contributed by atoms with E-state index in [-0.39, 0.29) is 15.7 Å². The Morgan fingerprint density at radius 3 is 2.50 bits per heavy atom. The molecule has 26 heavy (non-hydrogen) atoms. The highest BCUT2D eigenvalue weighted by Gasteiger charge is 2.35. The number of nitrogens with two attached hydrogens (primary N) is 1. The number of hydrogen-bond acceptors (Lipinski definition) is 6.